The van der Waals surface area contributed by atoms with Gasteiger partial charge in [0.2, 0.25) is 0 Å². The second-order valence-electron chi connectivity index (χ2n) is 4.61. The summed E-state index contributed by atoms with van der Waals surface area (Å²) < 4.78 is 0.385. The second-order valence-corrected chi connectivity index (χ2v) is 6.88. The van der Waals surface area contributed by atoms with E-state index >= 15 is 0 Å². The summed E-state index contributed by atoms with van der Waals surface area (Å²) >= 11 is 2.05. The SMILES string of the molecule is CC(CCCCCO)SC(C)(C)C. The summed E-state index contributed by atoms with van der Waals surface area (Å²) in [6.45, 7) is 9.45. The molecule has 0 spiro atoms. The summed E-state index contributed by atoms with van der Waals surface area (Å²) in [5, 5.41) is 9.36. The number of aliphatic hydroxyl groups excluding tert-OH is 1. The molecular formula is C11H24OS. The van der Waals surface area contributed by atoms with Crippen LogP contribution in [0.5, 0.6) is 0 Å². The standard InChI is InChI=1S/C11H24OS/c1-10(13-11(2,3)4)8-6-5-7-9-12/h10,12H,5-9H2,1-4H3. The number of unbranched alkanes of at least 4 members (excludes halogenated alkanes) is 2. The molecule has 80 valence electrons. The van der Waals surface area contributed by atoms with E-state index in [1.807, 2.05) is 0 Å². The Morgan fingerprint density at radius 1 is 1.15 bits per heavy atom. The molecule has 0 radical (unpaired) electrons. The highest BCUT2D eigenvalue weighted by Crippen LogP contribution is 2.30. The summed E-state index contributed by atoms with van der Waals surface area (Å²) in [6, 6.07) is 0. The van der Waals surface area contributed by atoms with Gasteiger partial charge >= 0.3 is 0 Å². The van der Waals surface area contributed by atoms with Crippen molar-refractivity contribution >= 4 is 11.8 Å². The number of rotatable bonds is 6. The second kappa shape index (κ2) is 6.72. The Labute approximate surface area is 87.3 Å². The van der Waals surface area contributed by atoms with Crippen LogP contribution >= 0.6 is 11.8 Å². The topological polar surface area (TPSA) is 20.2 Å². The van der Waals surface area contributed by atoms with Crippen LogP contribution in [0.1, 0.15) is 53.4 Å². The molecule has 0 aromatic rings. The van der Waals surface area contributed by atoms with E-state index in [2.05, 4.69) is 39.5 Å². The summed E-state index contributed by atoms with van der Waals surface area (Å²) in [7, 11) is 0. The van der Waals surface area contributed by atoms with Crippen molar-refractivity contribution in [3.63, 3.8) is 0 Å². The van der Waals surface area contributed by atoms with Crippen LogP contribution in [0.4, 0.5) is 0 Å². The Bertz CT molecular complexity index is 118. The lowest BCUT2D eigenvalue weighted by atomic mass is 10.2. The van der Waals surface area contributed by atoms with Gasteiger partial charge in [-0.3, -0.25) is 0 Å². The molecule has 0 fully saturated rings. The zero-order valence-corrected chi connectivity index (χ0v) is 10.3. The van der Waals surface area contributed by atoms with Crippen molar-refractivity contribution < 1.29 is 5.11 Å². The first-order chi connectivity index (χ1) is 5.95. The molecule has 1 nitrogen and oxygen atoms in total. The zero-order valence-electron chi connectivity index (χ0n) is 9.47. The summed E-state index contributed by atoms with van der Waals surface area (Å²) in [4.78, 5) is 0. The van der Waals surface area contributed by atoms with Gasteiger partial charge in [0.25, 0.3) is 0 Å². The molecule has 0 aliphatic carbocycles. The molecule has 0 bridgehead atoms. The Kier molecular flexibility index (Phi) is 6.88. The fraction of sp³-hybridized carbons (Fsp3) is 1.00. The number of thioether (sulfide) groups is 1. The van der Waals surface area contributed by atoms with Crippen LogP contribution in [0.3, 0.4) is 0 Å². The van der Waals surface area contributed by atoms with E-state index in [-0.39, 0.29) is 0 Å². The number of hydrogen-bond donors (Lipinski definition) is 1. The fourth-order valence-corrected chi connectivity index (χ4v) is 2.87. The summed E-state index contributed by atoms with van der Waals surface area (Å²) in [5.74, 6) is 0. The van der Waals surface area contributed by atoms with Crippen molar-refractivity contribution in [3.8, 4) is 0 Å². The van der Waals surface area contributed by atoms with Gasteiger partial charge in [0, 0.05) is 16.6 Å². The van der Waals surface area contributed by atoms with E-state index in [9.17, 15) is 0 Å². The molecule has 1 atom stereocenters. The van der Waals surface area contributed by atoms with Crippen LogP contribution < -0.4 is 0 Å². The van der Waals surface area contributed by atoms with Gasteiger partial charge < -0.3 is 5.11 Å². The van der Waals surface area contributed by atoms with Crippen LogP contribution in [0.2, 0.25) is 0 Å². The lowest BCUT2D eigenvalue weighted by molar-refractivity contribution is 0.282. The highest BCUT2D eigenvalue weighted by Gasteiger charge is 2.14. The van der Waals surface area contributed by atoms with Gasteiger partial charge in [0.15, 0.2) is 0 Å². The number of aliphatic hydroxyl groups is 1. The number of hydrogen-bond acceptors (Lipinski definition) is 2. The van der Waals surface area contributed by atoms with Gasteiger partial charge in [0.05, 0.1) is 0 Å². The van der Waals surface area contributed by atoms with Crippen molar-refractivity contribution in [1.29, 1.82) is 0 Å². The van der Waals surface area contributed by atoms with Crippen LogP contribution in [0, 0.1) is 0 Å². The van der Waals surface area contributed by atoms with Gasteiger partial charge in [0.1, 0.15) is 0 Å². The molecule has 0 saturated heterocycles. The summed E-state index contributed by atoms with van der Waals surface area (Å²) in [5.41, 5.74) is 0. The molecule has 0 aromatic carbocycles. The molecular weight excluding hydrogens is 180 g/mol. The van der Waals surface area contributed by atoms with E-state index in [4.69, 9.17) is 5.11 Å². The Morgan fingerprint density at radius 3 is 2.23 bits per heavy atom. The third kappa shape index (κ3) is 10.2. The molecule has 0 aromatic heterocycles. The Morgan fingerprint density at radius 2 is 1.77 bits per heavy atom. The van der Waals surface area contributed by atoms with E-state index in [0.717, 1.165) is 11.7 Å². The largest absolute Gasteiger partial charge is 0.396 e. The quantitative estimate of drug-likeness (QED) is 0.669. The van der Waals surface area contributed by atoms with Crippen molar-refractivity contribution in [2.45, 2.75) is 63.4 Å². The highest BCUT2D eigenvalue weighted by molar-refractivity contribution is 8.01. The average Bonchev–Trinajstić information content (AvgIpc) is 1.94. The molecule has 0 amide bonds. The first kappa shape index (κ1) is 13.3. The Balaban J connectivity index is 3.35. The third-order valence-corrected chi connectivity index (χ3v) is 3.17. The zero-order chi connectivity index (χ0) is 10.3. The fourth-order valence-electron chi connectivity index (χ4n) is 1.38. The van der Waals surface area contributed by atoms with Gasteiger partial charge in [-0.05, 0) is 12.8 Å². The first-order valence-corrected chi connectivity index (χ1v) is 6.12. The van der Waals surface area contributed by atoms with Gasteiger partial charge in [-0.2, -0.15) is 11.8 Å². The third-order valence-electron chi connectivity index (χ3n) is 1.82. The molecule has 0 aliphatic heterocycles. The highest BCUT2D eigenvalue weighted by atomic mass is 32.2. The average molecular weight is 204 g/mol. The molecule has 2 heteroatoms. The molecule has 0 rings (SSSR count). The van der Waals surface area contributed by atoms with Crippen LogP contribution in [-0.2, 0) is 0 Å². The molecule has 0 heterocycles. The maximum atomic E-state index is 8.61. The van der Waals surface area contributed by atoms with E-state index in [0.29, 0.717) is 11.4 Å². The predicted molar refractivity (Wildman–Crippen MR) is 62.4 cm³/mol. The van der Waals surface area contributed by atoms with Gasteiger partial charge in [-0.15, -0.1) is 0 Å². The van der Waals surface area contributed by atoms with Crippen molar-refractivity contribution in [2.75, 3.05) is 6.61 Å². The minimum absolute atomic E-state index is 0.348. The van der Waals surface area contributed by atoms with E-state index in [1.54, 1.807) is 0 Å². The lowest BCUT2D eigenvalue weighted by Gasteiger charge is -2.22. The predicted octanol–water partition coefficient (Wildman–Crippen LogP) is 3.46. The van der Waals surface area contributed by atoms with Crippen LogP contribution in [0.25, 0.3) is 0 Å². The van der Waals surface area contributed by atoms with Crippen LogP contribution in [0.15, 0.2) is 0 Å². The normalized spacial score (nSPS) is 14.5. The van der Waals surface area contributed by atoms with Crippen molar-refractivity contribution in [2.24, 2.45) is 0 Å². The van der Waals surface area contributed by atoms with Gasteiger partial charge in [-0.25, -0.2) is 0 Å². The van der Waals surface area contributed by atoms with Crippen molar-refractivity contribution in [3.05, 3.63) is 0 Å². The van der Waals surface area contributed by atoms with E-state index < -0.39 is 0 Å². The molecule has 0 saturated carbocycles. The minimum Gasteiger partial charge on any atom is -0.396 e. The lowest BCUT2D eigenvalue weighted by Crippen LogP contribution is -2.13. The smallest absolute Gasteiger partial charge is 0.0431 e. The Hall–Kier alpha value is 0.310. The maximum absolute atomic E-state index is 8.61. The first-order valence-electron chi connectivity index (χ1n) is 5.24. The minimum atomic E-state index is 0.348. The van der Waals surface area contributed by atoms with Gasteiger partial charge in [-0.1, -0.05) is 40.5 Å². The summed E-state index contributed by atoms with van der Waals surface area (Å²) in [6.07, 6.45) is 4.67. The molecule has 0 aliphatic rings. The van der Waals surface area contributed by atoms with Crippen molar-refractivity contribution in [1.82, 2.24) is 0 Å². The maximum Gasteiger partial charge on any atom is 0.0431 e. The molecule has 13 heavy (non-hydrogen) atoms. The van der Waals surface area contributed by atoms with Crippen LogP contribution in [-0.4, -0.2) is 21.7 Å². The van der Waals surface area contributed by atoms with E-state index in [1.165, 1.54) is 19.3 Å². The molecule has 1 N–H and O–H groups in total. The monoisotopic (exact) mass is 204 g/mol. The molecule has 1 unspecified atom stereocenters.